The molecular weight excluding hydrogens is 516 g/mol. The van der Waals surface area contributed by atoms with Gasteiger partial charge < -0.3 is 24.4 Å². The molecule has 0 radical (unpaired) electrons. The number of hydrogen-bond donors (Lipinski definition) is 1. The van der Waals surface area contributed by atoms with Crippen molar-refractivity contribution in [1.29, 1.82) is 0 Å². The maximum absolute atomic E-state index is 13.1. The molecule has 1 N–H and O–H groups in total. The van der Waals surface area contributed by atoms with E-state index in [0.717, 1.165) is 47.3 Å². The van der Waals surface area contributed by atoms with Crippen LogP contribution in [0.2, 0.25) is 0 Å². The molecule has 11 heteroatoms. The third-order valence-corrected chi connectivity index (χ3v) is 7.38. The first-order chi connectivity index (χ1) is 19.1. The number of hydrogen-bond acceptors (Lipinski definition) is 9. The molecule has 0 unspecified atom stereocenters. The fraction of sp³-hybridized carbons (Fsp3) is 0.571. The summed E-state index contributed by atoms with van der Waals surface area (Å²) in [5.41, 5.74) is 1.25. The third-order valence-electron chi connectivity index (χ3n) is 6.33. The molecule has 4 rings (SSSR count). The molecule has 0 bridgehead atoms. The van der Waals surface area contributed by atoms with Gasteiger partial charge in [-0.1, -0.05) is 18.7 Å². The van der Waals surface area contributed by atoms with Crippen LogP contribution in [0, 0.1) is 0 Å². The molecule has 0 saturated carbocycles. The average molecular weight is 557 g/mol. The van der Waals surface area contributed by atoms with Crippen molar-refractivity contribution in [3.8, 4) is 17.2 Å². The van der Waals surface area contributed by atoms with E-state index in [4.69, 9.17) is 24.2 Å². The number of aromatic nitrogens is 4. The monoisotopic (exact) mass is 556 g/mol. The van der Waals surface area contributed by atoms with Crippen LogP contribution in [0.15, 0.2) is 23.5 Å². The molecule has 1 saturated heterocycles. The lowest BCUT2D eigenvalue weighted by molar-refractivity contribution is 0.0951. The lowest BCUT2D eigenvalue weighted by Crippen LogP contribution is -2.30. The van der Waals surface area contributed by atoms with Crippen LogP contribution in [0.25, 0.3) is 11.0 Å². The van der Waals surface area contributed by atoms with E-state index in [9.17, 15) is 4.79 Å². The van der Waals surface area contributed by atoms with Crippen LogP contribution in [0.5, 0.6) is 17.2 Å². The number of fused-ring (bicyclic) bond motifs is 1. The molecule has 0 aliphatic carbocycles. The highest BCUT2D eigenvalue weighted by atomic mass is 32.2. The smallest absolute Gasteiger partial charge is 0.251 e. The van der Waals surface area contributed by atoms with Crippen LogP contribution < -0.4 is 24.4 Å². The van der Waals surface area contributed by atoms with Crippen LogP contribution in [-0.4, -0.2) is 70.9 Å². The van der Waals surface area contributed by atoms with E-state index in [1.165, 1.54) is 19.3 Å². The summed E-state index contributed by atoms with van der Waals surface area (Å²) in [6.45, 7) is 12.1. The van der Waals surface area contributed by atoms with E-state index < -0.39 is 0 Å². The number of piperidine rings is 1. The standard InChI is InChI=1S/C28H40N6O4S/c1-5-16-39-28-31-25(33-13-10-9-11-14-33)21-19-30-34(26(21)32-28)15-12-29-27(35)20-17-22(36-6-2)24(38-8-4)23(18-20)37-7-3/h17-19H,5-16H2,1-4H3,(H,29,35). The van der Waals surface area contributed by atoms with E-state index >= 15 is 0 Å². The fourth-order valence-electron chi connectivity index (χ4n) is 4.59. The number of carbonyl (C=O) groups is 1. The van der Waals surface area contributed by atoms with E-state index in [1.54, 1.807) is 23.9 Å². The summed E-state index contributed by atoms with van der Waals surface area (Å²) in [5.74, 6) is 3.21. The SMILES string of the molecule is CCCSc1nc(N2CCCCC2)c2cnn(CCNC(=O)c3cc(OCC)c(OCC)c(OCC)c3)c2n1. The van der Waals surface area contributed by atoms with Crippen molar-refractivity contribution in [1.82, 2.24) is 25.1 Å². The molecule has 0 spiro atoms. The Bertz CT molecular complexity index is 1220. The lowest BCUT2D eigenvalue weighted by Gasteiger charge is -2.28. The number of benzene rings is 1. The summed E-state index contributed by atoms with van der Waals surface area (Å²) in [5, 5.41) is 9.36. The molecule has 2 aromatic heterocycles. The Balaban J connectivity index is 1.52. The maximum Gasteiger partial charge on any atom is 0.251 e. The molecule has 0 atom stereocenters. The van der Waals surface area contributed by atoms with Gasteiger partial charge in [0.15, 0.2) is 22.3 Å². The van der Waals surface area contributed by atoms with Gasteiger partial charge in [-0.15, -0.1) is 0 Å². The first kappa shape index (κ1) is 28.8. The summed E-state index contributed by atoms with van der Waals surface area (Å²) < 4.78 is 19.1. The van der Waals surface area contributed by atoms with Crippen LogP contribution in [-0.2, 0) is 6.54 Å². The van der Waals surface area contributed by atoms with Crippen LogP contribution in [0.1, 0.15) is 63.7 Å². The largest absolute Gasteiger partial charge is 0.490 e. The molecular formula is C28H40N6O4S. The van der Waals surface area contributed by atoms with E-state index in [-0.39, 0.29) is 5.91 Å². The highest BCUT2D eigenvalue weighted by molar-refractivity contribution is 7.99. The topological polar surface area (TPSA) is 104 Å². The molecule has 1 amide bonds. The second-order valence-corrected chi connectivity index (χ2v) is 10.2. The summed E-state index contributed by atoms with van der Waals surface area (Å²) >= 11 is 1.67. The fourth-order valence-corrected chi connectivity index (χ4v) is 5.28. The zero-order valence-electron chi connectivity index (χ0n) is 23.5. The predicted octanol–water partition coefficient (Wildman–Crippen LogP) is 4.94. The van der Waals surface area contributed by atoms with Gasteiger partial charge in [-0.3, -0.25) is 4.79 Å². The van der Waals surface area contributed by atoms with Gasteiger partial charge in [-0.25, -0.2) is 14.6 Å². The van der Waals surface area contributed by atoms with E-state index in [2.05, 4.69) is 22.2 Å². The quantitative estimate of drug-likeness (QED) is 0.218. The van der Waals surface area contributed by atoms with Crippen molar-refractivity contribution in [3.63, 3.8) is 0 Å². The van der Waals surface area contributed by atoms with E-state index in [0.29, 0.717) is 55.7 Å². The molecule has 1 aliphatic rings. The van der Waals surface area contributed by atoms with Gasteiger partial charge in [-0.2, -0.15) is 5.10 Å². The molecule has 1 aliphatic heterocycles. The Morgan fingerprint density at radius 1 is 0.974 bits per heavy atom. The zero-order valence-corrected chi connectivity index (χ0v) is 24.3. The number of amides is 1. The number of anilines is 1. The number of nitrogens with zero attached hydrogens (tertiary/aromatic N) is 5. The van der Waals surface area contributed by atoms with Crippen molar-refractivity contribution in [2.24, 2.45) is 0 Å². The van der Waals surface area contributed by atoms with Crippen LogP contribution >= 0.6 is 11.8 Å². The van der Waals surface area contributed by atoms with Gasteiger partial charge in [0.05, 0.1) is 37.9 Å². The highest BCUT2D eigenvalue weighted by Crippen LogP contribution is 2.39. The molecule has 10 nitrogen and oxygen atoms in total. The minimum Gasteiger partial charge on any atom is -0.490 e. The summed E-state index contributed by atoms with van der Waals surface area (Å²) in [4.78, 5) is 25.2. The molecule has 1 aromatic carbocycles. The Kier molecular flexibility index (Phi) is 10.5. The summed E-state index contributed by atoms with van der Waals surface area (Å²) in [6, 6.07) is 3.40. The second kappa shape index (κ2) is 14.3. The van der Waals surface area contributed by atoms with Gasteiger partial charge in [-0.05, 0) is 58.6 Å². The van der Waals surface area contributed by atoms with Gasteiger partial charge in [0.1, 0.15) is 5.82 Å². The zero-order chi connectivity index (χ0) is 27.6. The summed E-state index contributed by atoms with van der Waals surface area (Å²) in [6.07, 6.45) is 6.51. The number of rotatable bonds is 14. The minimum absolute atomic E-state index is 0.223. The van der Waals surface area contributed by atoms with Crippen molar-refractivity contribution >= 4 is 34.5 Å². The van der Waals surface area contributed by atoms with E-state index in [1.807, 2.05) is 31.6 Å². The highest BCUT2D eigenvalue weighted by Gasteiger charge is 2.21. The Morgan fingerprint density at radius 2 is 1.67 bits per heavy atom. The molecule has 1 fully saturated rings. The number of ether oxygens (including phenoxy) is 3. The lowest BCUT2D eigenvalue weighted by atomic mass is 10.1. The normalized spacial score (nSPS) is 13.5. The maximum atomic E-state index is 13.1. The first-order valence-electron chi connectivity index (χ1n) is 14.0. The van der Waals surface area contributed by atoms with Crippen molar-refractivity contribution in [2.45, 2.75) is 65.1 Å². The first-order valence-corrected chi connectivity index (χ1v) is 15.0. The number of carbonyl (C=O) groups excluding carboxylic acids is 1. The van der Waals surface area contributed by atoms with Gasteiger partial charge >= 0.3 is 0 Å². The summed E-state index contributed by atoms with van der Waals surface area (Å²) in [7, 11) is 0. The van der Waals surface area contributed by atoms with Crippen LogP contribution in [0.3, 0.4) is 0 Å². The van der Waals surface area contributed by atoms with Gasteiger partial charge in [0.25, 0.3) is 5.91 Å². The van der Waals surface area contributed by atoms with Crippen molar-refractivity contribution < 1.29 is 19.0 Å². The molecule has 3 aromatic rings. The average Bonchev–Trinajstić information content (AvgIpc) is 3.36. The van der Waals surface area contributed by atoms with Crippen LogP contribution in [0.4, 0.5) is 5.82 Å². The minimum atomic E-state index is -0.223. The van der Waals surface area contributed by atoms with Crippen molar-refractivity contribution in [3.05, 3.63) is 23.9 Å². The Hall–Kier alpha value is -3.21. The van der Waals surface area contributed by atoms with Gasteiger partial charge in [0.2, 0.25) is 5.75 Å². The Labute approximate surface area is 234 Å². The second-order valence-electron chi connectivity index (χ2n) is 9.19. The number of nitrogens with one attached hydrogen (secondary N) is 1. The molecule has 39 heavy (non-hydrogen) atoms. The Morgan fingerprint density at radius 3 is 2.31 bits per heavy atom. The molecule has 212 valence electrons. The molecule has 3 heterocycles. The van der Waals surface area contributed by atoms with Crippen molar-refractivity contribution in [2.75, 3.05) is 50.1 Å². The number of thioether (sulfide) groups is 1. The van der Waals surface area contributed by atoms with Gasteiger partial charge in [0, 0.05) is 31.0 Å². The predicted molar refractivity (Wildman–Crippen MR) is 155 cm³/mol. The third kappa shape index (κ3) is 7.06.